The van der Waals surface area contributed by atoms with E-state index in [0.29, 0.717) is 31.1 Å². The van der Waals surface area contributed by atoms with E-state index in [1.165, 1.54) is 0 Å². The first-order valence-electron chi connectivity index (χ1n) is 8.28. The maximum absolute atomic E-state index is 12.1. The molecule has 0 saturated carbocycles. The van der Waals surface area contributed by atoms with Crippen molar-refractivity contribution in [1.29, 1.82) is 0 Å². The van der Waals surface area contributed by atoms with Crippen LogP contribution in [0.4, 0.5) is 5.69 Å². The molecule has 1 fully saturated rings. The first kappa shape index (κ1) is 17.0. The van der Waals surface area contributed by atoms with Crippen molar-refractivity contribution in [2.24, 2.45) is 0 Å². The molecule has 1 heterocycles. The van der Waals surface area contributed by atoms with E-state index in [1.807, 2.05) is 42.5 Å². The third-order valence-corrected chi connectivity index (χ3v) is 3.89. The second kappa shape index (κ2) is 8.30. The first-order chi connectivity index (χ1) is 12.2. The number of carbonyl (C=O) groups excluding carboxylic acids is 2. The number of piperazine rings is 1. The number of benzene rings is 2. The van der Waals surface area contributed by atoms with Crippen LogP contribution >= 0.6 is 0 Å². The number of nitrogens with one attached hydrogen (secondary N) is 3. The van der Waals surface area contributed by atoms with E-state index < -0.39 is 6.04 Å². The Morgan fingerprint density at radius 3 is 2.76 bits per heavy atom. The second-order valence-electron chi connectivity index (χ2n) is 5.85. The summed E-state index contributed by atoms with van der Waals surface area (Å²) >= 11 is 0. The summed E-state index contributed by atoms with van der Waals surface area (Å²) in [4.78, 5) is 23.8. The summed E-state index contributed by atoms with van der Waals surface area (Å²) in [6.45, 7) is 1.73. The average molecular weight is 339 g/mol. The van der Waals surface area contributed by atoms with Crippen molar-refractivity contribution in [2.75, 3.05) is 18.4 Å². The van der Waals surface area contributed by atoms with Crippen LogP contribution in [0, 0.1) is 0 Å². The monoisotopic (exact) mass is 339 g/mol. The highest BCUT2D eigenvalue weighted by Gasteiger charge is 2.23. The normalized spacial score (nSPS) is 16.8. The maximum atomic E-state index is 12.1. The summed E-state index contributed by atoms with van der Waals surface area (Å²) in [6, 6.07) is 16.6. The van der Waals surface area contributed by atoms with Gasteiger partial charge in [-0.1, -0.05) is 36.4 Å². The van der Waals surface area contributed by atoms with Gasteiger partial charge in [-0.25, -0.2) is 0 Å². The van der Waals surface area contributed by atoms with Gasteiger partial charge in [-0.05, 0) is 17.7 Å². The van der Waals surface area contributed by atoms with Crippen LogP contribution in [0.3, 0.4) is 0 Å². The fourth-order valence-electron chi connectivity index (χ4n) is 2.61. The zero-order chi connectivity index (χ0) is 17.5. The van der Waals surface area contributed by atoms with Crippen LogP contribution in [-0.2, 0) is 16.2 Å². The molecule has 6 nitrogen and oxygen atoms in total. The first-order valence-corrected chi connectivity index (χ1v) is 8.28. The summed E-state index contributed by atoms with van der Waals surface area (Å²) in [5, 5.41) is 8.59. The SMILES string of the molecule is O=C(CC1NCCNC1=O)Nc1cccc(OCc2ccccc2)c1. The van der Waals surface area contributed by atoms with Gasteiger partial charge in [0.25, 0.3) is 0 Å². The predicted molar refractivity (Wildman–Crippen MR) is 95.3 cm³/mol. The highest BCUT2D eigenvalue weighted by molar-refractivity contribution is 5.95. The van der Waals surface area contributed by atoms with Gasteiger partial charge in [0.15, 0.2) is 0 Å². The van der Waals surface area contributed by atoms with E-state index >= 15 is 0 Å². The molecule has 0 bridgehead atoms. The molecule has 25 heavy (non-hydrogen) atoms. The van der Waals surface area contributed by atoms with E-state index in [2.05, 4.69) is 16.0 Å². The minimum Gasteiger partial charge on any atom is -0.489 e. The van der Waals surface area contributed by atoms with Crippen molar-refractivity contribution in [2.45, 2.75) is 19.1 Å². The van der Waals surface area contributed by atoms with Gasteiger partial charge < -0.3 is 20.7 Å². The van der Waals surface area contributed by atoms with E-state index in [1.54, 1.807) is 12.1 Å². The lowest BCUT2D eigenvalue weighted by Gasteiger charge is -2.22. The fourth-order valence-corrected chi connectivity index (χ4v) is 2.61. The number of hydrogen-bond acceptors (Lipinski definition) is 4. The van der Waals surface area contributed by atoms with E-state index in [4.69, 9.17) is 4.74 Å². The predicted octanol–water partition coefficient (Wildman–Crippen LogP) is 1.68. The summed E-state index contributed by atoms with van der Waals surface area (Å²) in [7, 11) is 0. The van der Waals surface area contributed by atoms with Crippen LogP contribution in [-0.4, -0.2) is 30.9 Å². The Labute approximate surface area is 146 Å². The highest BCUT2D eigenvalue weighted by Crippen LogP contribution is 2.19. The van der Waals surface area contributed by atoms with Crippen molar-refractivity contribution in [1.82, 2.24) is 10.6 Å². The molecule has 130 valence electrons. The quantitative estimate of drug-likeness (QED) is 0.748. The Balaban J connectivity index is 1.54. The Morgan fingerprint density at radius 2 is 1.96 bits per heavy atom. The van der Waals surface area contributed by atoms with Gasteiger partial charge in [-0.3, -0.25) is 9.59 Å². The lowest BCUT2D eigenvalue weighted by molar-refractivity contribution is -0.127. The van der Waals surface area contributed by atoms with Crippen molar-refractivity contribution >= 4 is 17.5 Å². The number of carbonyl (C=O) groups is 2. The zero-order valence-electron chi connectivity index (χ0n) is 13.8. The molecular weight excluding hydrogens is 318 g/mol. The van der Waals surface area contributed by atoms with Crippen molar-refractivity contribution < 1.29 is 14.3 Å². The molecule has 6 heteroatoms. The number of anilines is 1. The number of hydrogen-bond donors (Lipinski definition) is 3. The molecule has 2 amide bonds. The van der Waals surface area contributed by atoms with E-state index in [-0.39, 0.29) is 18.2 Å². The van der Waals surface area contributed by atoms with Gasteiger partial charge in [-0.15, -0.1) is 0 Å². The van der Waals surface area contributed by atoms with Gasteiger partial charge in [0.05, 0.1) is 12.5 Å². The standard InChI is InChI=1S/C19H21N3O3/c23-18(12-17-19(24)21-10-9-20-17)22-15-7-4-8-16(11-15)25-13-14-5-2-1-3-6-14/h1-8,11,17,20H,9-10,12-13H2,(H,21,24)(H,22,23). The molecule has 1 unspecified atom stereocenters. The van der Waals surface area contributed by atoms with Crippen LogP contribution in [0.25, 0.3) is 0 Å². The number of rotatable bonds is 6. The number of ether oxygens (including phenoxy) is 1. The number of amides is 2. The zero-order valence-corrected chi connectivity index (χ0v) is 13.8. The van der Waals surface area contributed by atoms with Crippen LogP contribution in [0.2, 0.25) is 0 Å². The summed E-state index contributed by atoms with van der Waals surface area (Å²) in [5.41, 5.74) is 1.72. The molecule has 1 atom stereocenters. The van der Waals surface area contributed by atoms with Crippen molar-refractivity contribution in [3.05, 3.63) is 60.2 Å². The smallest absolute Gasteiger partial charge is 0.237 e. The van der Waals surface area contributed by atoms with Crippen molar-refractivity contribution in [3.63, 3.8) is 0 Å². The Morgan fingerprint density at radius 1 is 1.12 bits per heavy atom. The molecule has 1 aliphatic heterocycles. The topological polar surface area (TPSA) is 79.5 Å². The molecule has 2 aromatic rings. The molecule has 0 spiro atoms. The molecule has 1 saturated heterocycles. The summed E-state index contributed by atoms with van der Waals surface area (Å²) < 4.78 is 5.75. The second-order valence-corrected chi connectivity index (χ2v) is 5.85. The van der Waals surface area contributed by atoms with Crippen LogP contribution in [0.15, 0.2) is 54.6 Å². The molecule has 3 N–H and O–H groups in total. The Kier molecular flexibility index (Phi) is 5.64. The van der Waals surface area contributed by atoms with Gasteiger partial charge in [-0.2, -0.15) is 0 Å². The lowest BCUT2D eigenvalue weighted by atomic mass is 10.1. The van der Waals surface area contributed by atoms with Gasteiger partial charge in [0.2, 0.25) is 11.8 Å². The summed E-state index contributed by atoms with van der Waals surface area (Å²) in [6.07, 6.45) is 0.0981. The molecule has 0 aromatic heterocycles. The van der Waals surface area contributed by atoms with Crippen LogP contribution in [0.1, 0.15) is 12.0 Å². The van der Waals surface area contributed by atoms with E-state index in [9.17, 15) is 9.59 Å². The largest absolute Gasteiger partial charge is 0.489 e. The highest BCUT2D eigenvalue weighted by atomic mass is 16.5. The molecule has 1 aliphatic rings. The van der Waals surface area contributed by atoms with Crippen LogP contribution < -0.4 is 20.7 Å². The minimum absolute atomic E-state index is 0.0981. The Hall–Kier alpha value is -2.86. The van der Waals surface area contributed by atoms with Gasteiger partial charge in [0, 0.05) is 24.8 Å². The Bertz CT molecular complexity index is 734. The average Bonchev–Trinajstić information content (AvgIpc) is 2.63. The van der Waals surface area contributed by atoms with Gasteiger partial charge in [0.1, 0.15) is 12.4 Å². The molecule has 0 radical (unpaired) electrons. The van der Waals surface area contributed by atoms with Crippen LogP contribution in [0.5, 0.6) is 5.75 Å². The van der Waals surface area contributed by atoms with E-state index in [0.717, 1.165) is 5.56 Å². The maximum Gasteiger partial charge on any atom is 0.237 e. The molecule has 2 aromatic carbocycles. The minimum atomic E-state index is -0.480. The third kappa shape index (κ3) is 5.06. The van der Waals surface area contributed by atoms with Crippen molar-refractivity contribution in [3.8, 4) is 5.75 Å². The molecule has 0 aliphatic carbocycles. The third-order valence-electron chi connectivity index (χ3n) is 3.89. The van der Waals surface area contributed by atoms with Gasteiger partial charge >= 0.3 is 0 Å². The lowest BCUT2D eigenvalue weighted by Crippen LogP contribution is -2.53. The molecular formula is C19H21N3O3. The summed E-state index contributed by atoms with van der Waals surface area (Å²) in [5.74, 6) is 0.325. The molecule has 3 rings (SSSR count). The fraction of sp³-hybridized carbons (Fsp3) is 0.263.